The molecule has 0 aliphatic carbocycles. The summed E-state index contributed by atoms with van der Waals surface area (Å²) in [4.78, 5) is 4.31. The summed E-state index contributed by atoms with van der Waals surface area (Å²) in [5.74, 6) is 1.96. The maximum absolute atomic E-state index is 5.57. The molecule has 0 saturated heterocycles. The van der Waals surface area contributed by atoms with E-state index in [0.717, 1.165) is 32.2 Å². The van der Waals surface area contributed by atoms with E-state index in [0.29, 0.717) is 17.6 Å². The van der Waals surface area contributed by atoms with Gasteiger partial charge >= 0.3 is 0 Å². The van der Waals surface area contributed by atoms with Crippen LogP contribution in [0.25, 0.3) is 0 Å². The predicted molar refractivity (Wildman–Crippen MR) is 65.5 cm³/mol. The average molecular weight is 241 g/mol. The van der Waals surface area contributed by atoms with Gasteiger partial charge in [-0.3, -0.25) is 0 Å². The van der Waals surface area contributed by atoms with Crippen molar-refractivity contribution >= 4 is 0 Å². The van der Waals surface area contributed by atoms with E-state index >= 15 is 0 Å². The lowest BCUT2D eigenvalue weighted by atomic mass is 9.97. The third kappa shape index (κ3) is 4.44. The normalized spacial score (nSPS) is 14.8. The van der Waals surface area contributed by atoms with Gasteiger partial charge in [0.15, 0.2) is 5.82 Å². The van der Waals surface area contributed by atoms with E-state index in [1.807, 2.05) is 6.92 Å². The van der Waals surface area contributed by atoms with Gasteiger partial charge in [0.05, 0.1) is 0 Å². The Morgan fingerprint density at radius 1 is 1.41 bits per heavy atom. The molecular formula is C12H23N3O2. The van der Waals surface area contributed by atoms with Crippen LogP contribution in [0.5, 0.6) is 0 Å². The largest absolute Gasteiger partial charge is 0.374 e. The van der Waals surface area contributed by atoms with E-state index in [1.54, 1.807) is 7.11 Å². The summed E-state index contributed by atoms with van der Waals surface area (Å²) in [6.07, 6.45) is 3.97. The maximum atomic E-state index is 5.57. The highest BCUT2D eigenvalue weighted by molar-refractivity contribution is 4.90. The van der Waals surface area contributed by atoms with Gasteiger partial charge in [0.25, 0.3) is 0 Å². The molecular weight excluding hydrogens is 218 g/mol. The van der Waals surface area contributed by atoms with Crippen molar-refractivity contribution in [3.05, 3.63) is 11.7 Å². The fourth-order valence-electron chi connectivity index (χ4n) is 1.76. The fraction of sp³-hybridized carbons (Fsp3) is 0.833. The molecule has 5 heteroatoms. The van der Waals surface area contributed by atoms with Crippen molar-refractivity contribution in [1.29, 1.82) is 0 Å². The van der Waals surface area contributed by atoms with E-state index in [-0.39, 0.29) is 6.10 Å². The van der Waals surface area contributed by atoms with Crippen LogP contribution < -0.4 is 5.73 Å². The van der Waals surface area contributed by atoms with Gasteiger partial charge in [-0.2, -0.15) is 4.98 Å². The van der Waals surface area contributed by atoms with E-state index in [9.17, 15) is 0 Å². The summed E-state index contributed by atoms with van der Waals surface area (Å²) in [5.41, 5.74) is 5.57. The standard InChI is InChI=1S/C12H23N3O2/c1-4-10(7-8-13)5-6-11-14-12(15-17-11)9(2)16-3/h9-10H,4-8,13H2,1-3H3. The second-order valence-electron chi connectivity index (χ2n) is 4.31. The zero-order valence-electron chi connectivity index (χ0n) is 11.0. The number of aryl methyl sites for hydroxylation is 1. The first-order valence-electron chi connectivity index (χ1n) is 6.26. The van der Waals surface area contributed by atoms with Gasteiger partial charge in [-0.25, -0.2) is 0 Å². The monoisotopic (exact) mass is 241 g/mol. The highest BCUT2D eigenvalue weighted by Gasteiger charge is 2.14. The summed E-state index contributed by atoms with van der Waals surface area (Å²) in [7, 11) is 1.63. The smallest absolute Gasteiger partial charge is 0.226 e. The number of hydrogen-bond donors (Lipinski definition) is 1. The van der Waals surface area contributed by atoms with Crippen LogP contribution in [-0.4, -0.2) is 23.8 Å². The summed E-state index contributed by atoms with van der Waals surface area (Å²) >= 11 is 0. The minimum atomic E-state index is -0.112. The SMILES string of the molecule is CCC(CCN)CCc1nc(C(C)OC)no1. The van der Waals surface area contributed by atoms with Crippen LogP contribution in [0.15, 0.2) is 4.52 Å². The van der Waals surface area contributed by atoms with Gasteiger partial charge in [-0.15, -0.1) is 0 Å². The van der Waals surface area contributed by atoms with Crippen LogP contribution >= 0.6 is 0 Å². The third-order valence-corrected chi connectivity index (χ3v) is 3.12. The first-order valence-corrected chi connectivity index (χ1v) is 6.26. The second kappa shape index (κ2) is 7.40. The molecule has 98 valence electrons. The Labute approximate surface area is 103 Å². The Morgan fingerprint density at radius 2 is 2.18 bits per heavy atom. The molecule has 0 fully saturated rings. The summed E-state index contributed by atoms with van der Waals surface area (Å²) < 4.78 is 10.3. The minimum absolute atomic E-state index is 0.112. The maximum Gasteiger partial charge on any atom is 0.226 e. The molecule has 0 bridgehead atoms. The van der Waals surface area contributed by atoms with Crippen molar-refractivity contribution in [3.63, 3.8) is 0 Å². The molecule has 0 radical (unpaired) electrons. The van der Waals surface area contributed by atoms with Crippen LogP contribution in [0.3, 0.4) is 0 Å². The number of ether oxygens (including phenoxy) is 1. The molecule has 1 rings (SSSR count). The molecule has 2 unspecified atom stereocenters. The molecule has 0 spiro atoms. The molecule has 0 amide bonds. The van der Waals surface area contributed by atoms with Crippen LogP contribution in [0, 0.1) is 5.92 Å². The van der Waals surface area contributed by atoms with Gasteiger partial charge in [0.2, 0.25) is 5.89 Å². The Kier molecular flexibility index (Phi) is 6.15. The summed E-state index contributed by atoms with van der Waals surface area (Å²) in [6, 6.07) is 0. The fourth-order valence-corrected chi connectivity index (χ4v) is 1.76. The Morgan fingerprint density at radius 3 is 2.76 bits per heavy atom. The molecule has 0 aromatic carbocycles. The number of rotatable bonds is 8. The van der Waals surface area contributed by atoms with E-state index in [2.05, 4.69) is 17.1 Å². The van der Waals surface area contributed by atoms with Gasteiger partial charge in [0.1, 0.15) is 6.10 Å². The molecule has 1 aromatic rings. The first kappa shape index (κ1) is 14.1. The number of hydrogen-bond acceptors (Lipinski definition) is 5. The van der Waals surface area contributed by atoms with Crippen LogP contribution in [0.4, 0.5) is 0 Å². The molecule has 1 aromatic heterocycles. The number of nitrogens with two attached hydrogens (primary N) is 1. The van der Waals surface area contributed by atoms with Gasteiger partial charge in [0, 0.05) is 13.5 Å². The molecule has 0 saturated carbocycles. The summed E-state index contributed by atoms with van der Waals surface area (Å²) in [6.45, 7) is 4.83. The number of methoxy groups -OCH3 is 1. The number of nitrogens with zero attached hydrogens (tertiary/aromatic N) is 2. The zero-order chi connectivity index (χ0) is 12.7. The molecule has 2 atom stereocenters. The summed E-state index contributed by atoms with van der Waals surface area (Å²) in [5, 5.41) is 3.90. The van der Waals surface area contributed by atoms with E-state index in [4.69, 9.17) is 15.0 Å². The highest BCUT2D eigenvalue weighted by Crippen LogP contribution is 2.17. The predicted octanol–water partition coefficient (Wildman–Crippen LogP) is 2.08. The van der Waals surface area contributed by atoms with Crippen molar-refractivity contribution in [1.82, 2.24) is 10.1 Å². The van der Waals surface area contributed by atoms with Crippen LogP contribution in [-0.2, 0) is 11.2 Å². The topological polar surface area (TPSA) is 74.2 Å². The molecule has 0 aliphatic heterocycles. The molecule has 0 aliphatic rings. The minimum Gasteiger partial charge on any atom is -0.374 e. The lowest BCUT2D eigenvalue weighted by molar-refractivity contribution is 0.109. The van der Waals surface area contributed by atoms with Crippen LogP contribution in [0.1, 0.15) is 50.9 Å². The third-order valence-electron chi connectivity index (χ3n) is 3.12. The van der Waals surface area contributed by atoms with E-state index in [1.165, 1.54) is 0 Å². The highest BCUT2D eigenvalue weighted by atomic mass is 16.5. The van der Waals surface area contributed by atoms with Crippen molar-refractivity contribution in [3.8, 4) is 0 Å². The van der Waals surface area contributed by atoms with Crippen LogP contribution in [0.2, 0.25) is 0 Å². The van der Waals surface area contributed by atoms with E-state index < -0.39 is 0 Å². The van der Waals surface area contributed by atoms with Gasteiger partial charge < -0.3 is 15.0 Å². The number of aromatic nitrogens is 2. The average Bonchev–Trinajstić information content (AvgIpc) is 2.82. The first-order chi connectivity index (χ1) is 8.21. The van der Waals surface area contributed by atoms with Crippen molar-refractivity contribution < 1.29 is 9.26 Å². The van der Waals surface area contributed by atoms with Crippen molar-refractivity contribution in [2.75, 3.05) is 13.7 Å². The zero-order valence-corrected chi connectivity index (χ0v) is 11.0. The Hall–Kier alpha value is -0.940. The second-order valence-corrected chi connectivity index (χ2v) is 4.31. The lowest BCUT2D eigenvalue weighted by Crippen LogP contribution is -2.09. The van der Waals surface area contributed by atoms with Gasteiger partial charge in [-0.1, -0.05) is 18.5 Å². The lowest BCUT2D eigenvalue weighted by Gasteiger charge is -2.11. The molecule has 1 heterocycles. The van der Waals surface area contributed by atoms with Crippen molar-refractivity contribution in [2.45, 2.75) is 45.6 Å². The molecule has 2 N–H and O–H groups in total. The Balaban J connectivity index is 2.43. The quantitative estimate of drug-likeness (QED) is 0.754. The Bertz CT molecular complexity index is 314. The van der Waals surface area contributed by atoms with Gasteiger partial charge in [-0.05, 0) is 32.2 Å². The molecule has 17 heavy (non-hydrogen) atoms. The molecule has 5 nitrogen and oxygen atoms in total. The van der Waals surface area contributed by atoms with Crippen molar-refractivity contribution in [2.24, 2.45) is 11.7 Å².